The van der Waals surface area contributed by atoms with Crippen LogP contribution in [-0.4, -0.2) is 32.5 Å². The molecule has 0 spiro atoms. The fraction of sp³-hybridized carbons (Fsp3) is 0.400. The first kappa shape index (κ1) is 17.0. The molecule has 2 aromatic carbocycles. The lowest BCUT2D eigenvalue weighted by molar-refractivity contribution is -0.00582. The van der Waals surface area contributed by atoms with Gasteiger partial charge in [0.05, 0.1) is 33.0 Å². The van der Waals surface area contributed by atoms with E-state index in [1.54, 1.807) is 7.11 Å². The maximum atomic E-state index is 6.03. The van der Waals surface area contributed by atoms with Gasteiger partial charge in [-0.25, -0.2) is 0 Å². The molecule has 0 saturated carbocycles. The van der Waals surface area contributed by atoms with Gasteiger partial charge in [-0.2, -0.15) is 0 Å². The van der Waals surface area contributed by atoms with Crippen LogP contribution in [0.3, 0.4) is 0 Å². The van der Waals surface area contributed by atoms with E-state index < -0.39 is 0 Å². The van der Waals surface area contributed by atoms with Crippen molar-refractivity contribution in [2.45, 2.75) is 31.8 Å². The Bertz CT molecular complexity index is 593. The first-order valence-corrected chi connectivity index (χ1v) is 8.33. The highest BCUT2D eigenvalue weighted by Crippen LogP contribution is 2.22. The molecule has 2 atom stereocenters. The second-order valence-electron chi connectivity index (χ2n) is 5.90. The summed E-state index contributed by atoms with van der Waals surface area (Å²) < 4.78 is 22.4. The molecule has 1 heterocycles. The molecule has 1 fully saturated rings. The molecule has 3 rings (SSSR count). The molecule has 1 aliphatic rings. The van der Waals surface area contributed by atoms with Crippen molar-refractivity contribution in [3.63, 3.8) is 0 Å². The predicted molar refractivity (Wildman–Crippen MR) is 92.0 cm³/mol. The fourth-order valence-electron chi connectivity index (χ4n) is 2.54. The maximum absolute atomic E-state index is 6.03. The quantitative estimate of drug-likeness (QED) is 0.494. The summed E-state index contributed by atoms with van der Waals surface area (Å²) in [6, 6.07) is 18.1. The molecule has 0 radical (unpaired) electrons. The fourth-order valence-corrected chi connectivity index (χ4v) is 2.54. The molecule has 24 heavy (non-hydrogen) atoms. The number of methoxy groups -OCH3 is 1. The summed E-state index contributed by atoms with van der Waals surface area (Å²) in [7, 11) is 1.67. The predicted octanol–water partition coefficient (Wildman–Crippen LogP) is 3.59. The molecule has 1 saturated heterocycles. The summed E-state index contributed by atoms with van der Waals surface area (Å²) in [6.07, 6.45) is 1.14. The number of hydrogen-bond acceptors (Lipinski definition) is 4. The van der Waals surface area contributed by atoms with Crippen molar-refractivity contribution in [2.75, 3.05) is 20.3 Å². The van der Waals surface area contributed by atoms with Crippen LogP contribution in [0.2, 0.25) is 0 Å². The van der Waals surface area contributed by atoms with Crippen molar-refractivity contribution in [1.82, 2.24) is 0 Å². The topological polar surface area (TPSA) is 40.2 Å². The van der Waals surface area contributed by atoms with Gasteiger partial charge in [0.2, 0.25) is 0 Å². The zero-order valence-corrected chi connectivity index (χ0v) is 14.0. The second kappa shape index (κ2) is 8.83. The smallest absolute Gasteiger partial charge is 0.118 e. The second-order valence-corrected chi connectivity index (χ2v) is 5.90. The summed E-state index contributed by atoms with van der Waals surface area (Å²) in [5, 5.41) is 0. The first-order chi connectivity index (χ1) is 11.8. The van der Waals surface area contributed by atoms with Gasteiger partial charge in [-0.05, 0) is 29.7 Å². The zero-order chi connectivity index (χ0) is 16.6. The zero-order valence-electron chi connectivity index (χ0n) is 14.0. The third-order valence-corrected chi connectivity index (χ3v) is 4.06. The van der Waals surface area contributed by atoms with Gasteiger partial charge in [-0.1, -0.05) is 42.5 Å². The molecule has 1 aliphatic heterocycles. The highest BCUT2D eigenvalue weighted by atomic mass is 16.6. The van der Waals surface area contributed by atoms with Crippen molar-refractivity contribution in [2.24, 2.45) is 0 Å². The molecule has 2 aromatic rings. The van der Waals surface area contributed by atoms with Gasteiger partial charge in [0.15, 0.2) is 0 Å². The summed E-state index contributed by atoms with van der Waals surface area (Å²) in [6.45, 7) is 2.67. The van der Waals surface area contributed by atoms with E-state index in [0.717, 1.165) is 24.3 Å². The van der Waals surface area contributed by atoms with Crippen LogP contribution >= 0.6 is 0 Å². The summed E-state index contributed by atoms with van der Waals surface area (Å²) in [5.41, 5.74) is 2.32. The minimum atomic E-state index is 0.0860. The first-order valence-electron chi connectivity index (χ1n) is 8.33. The number of rotatable bonds is 10. The molecule has 0 amide bonds. The van der Waals surface area contributed by atoms with Crippen LogP contribution in [0.4, 0.5) is 0 Å². The van der Waals surface area contributed by atoms with Crippen molar-refractivity contribution in [3.05, 3.63) is 65.7 Å². The molecule has 0 unspecified atom stereocenters. The maximum Gasteiger partial charge on any atom is 0.118 e. The Balaban J connectivity index is 1.39. The van der Waals surface area contributed by atoms with Crippen molar-refractivity contribution < 1.29 is 18.9 Å². The average Bonchev–Trinajstić information content (AvgIpc) is 3.47. The lowest BCUT2D eigenvalue weighted by Gasteiger charge is -2.16. The Labute approximate surface area is 143 Å². The minimum Gasteiger partial charge on any atom is -0.497 e. The van der Waals surface area contributed by atoms with Crippen molar-refractivity contribution in [3.8, 4) is 5.75 Å². The average molecular weight is 328 g/mol. The standard InChI is InChI=1S/C20H24O4/c1-21-18-9-7-17(8-10-18)14-23-19(20-15-24-20)11-12-22-13-16-5-3-2-4-6-16/h2-10,19-20H,11-15H2,1H3/t19-,20-/m1/s1. The van der Waals surface area contributed by atoms with Crippen LogP contribution in [0.5, 0.6) is 5.75 Å². The Morgan fingerprint density at radius 1 is 1.00 bits per heavy atom. The summed E-state index contributed by atoms with van der Waals surface area (Å²) >= 11 is 0. The van der Waals surface area contributed by atoms with E-state index >= 15 is 0 Å². The highest BCUT2D eigenvalue weighted by molar-refractivity contribution is 5.26. The number of hydrogen-bond donors (Lipinski definition) is 0. The van der Waals surface area contributed by atoms with E-state index in [9.17, 15) is 0 Å². The van der Waals surface area contributed by atoms with Crippen molar-refractivity contribution >= 4 is 0 Å². The largest absolute Gasteiger partial charge is 0.497 e. The molecule has 0 aromatic heterocycles. The molecule has 0 bridgehead atoms. The van der Waals surface area contributed by atoms with Crippen LogP contribution in [0, 0.1) is 0 Å². The normalized spacial score (nSPS) is 17.5. The monoisotopic (exact) mass is 328 g/mol. The SMILES string of the molecule is COc1ccc(CO[C@H](CCOCc2ccccc2)[C@H]2CO2)cc1. The summed E-state index contributed by atoms with van der Waals surface area (Å²) in [5.74, 6) is 0.857. The minimum absolute atomic E-state index is 0.0860. The van der Waals surface area contributed by atoms with Crippen LogP contribution < -0.4 is 4.74 Å². The third-order valence-electron chi connectivity index (χ3n) is 4.06. The Morgan fingerprint density at radius 3 is 2.38 bits per heavy atom. The molecule has 128 valence electrons. The number of epoxide rings is 1. The summed E-state index contributed by atoms with van der Waals surface area (Å²) in [4.78, 5) is 0. The number of benzene rings is 2. The van der Waals surface area contributed by atoms with Gasteiger partial charge in [0, 0.05) is 6.61 Å². The van der Waals surface area contributed by atoms with Crippen molar-refractivity contribution in [1.29, 1.82) is 0 Å². The molecule has 0 aliphatic carbocycles. The van der Waals surface area contributed by atoms with Crippen LogP contribution in [0.25, 0.3) is 0 Å². The van der Waals surface area contributed by atoms with Crippen LogP contribution in [0.1, 0.15) is 17.5 Å². The molecule has 4 nitrogen and oxygen atoms in total. The van der Waals surface area contributed by atoms with E-state index in [1.165, 1.54) is 5.56 Å². The molecule has 0 N–H and O–H groups in total. The molecular formula is C20H24O4. The molecule has 4 heteroatoms. The number of ether oxygens (including phenoxy) is 4. The molecular weight excluding hydrogens is 304 g/mol. The van der Waals surface area contributed by atoms with E-state index in [-0.39, 0.29) is 12.2 Å². The van der Waals surface area contributed by atoms with Gasteiger partial charge >= 0.3 is 0 Å². The van der Waals surface area contributed by atoms with Crippen LogP contribution in [0.15, 0.2) is 54.6 Å². The van der Waals surface area contributed by atoms with E-state index in [1.807, 2.05) is 42.5 Å². The highest BCUT2D eigenvalue weighted by Gasteiger charge is 2.33. The van der Waals surface area contributed by atoms with Gasteiger partial charge < -0.3 is 18.9 Å². The lowest BCUT2D eigenvalue weighted by Crippen LogP contribution is -2.22. The Morgan fingerprint density at radius 2 is 1.71 bits per heavy atom. The van der Waals surface area contributed by atoms with Gasteiger partial charge in [-0.15, -0.1) is 0 Å². The Kier molecular flexibility index (Phi) is 6.24. The lowest BCUT2D eigenvalue weighted by atomic mass is 10.2. The van der Waals surface area contributed by atoms with E-state index in [4.69, 9.17) is 18.9 Å². The van der Waals surface area contributed by atoms with E-state index in [0.29, 0.717) is 19.8 Å². The van der Waals surface area contributed by atoms with Gasteiger partial charge in [0.1, 0.15) is 11.9 Å². The van der Waals surface area contributed by atoms with Gasteiger partial charge in [-0.3, -0.25) is 0 Å². The van der Waals surface area contributed by atoms with E-state index in [2.05, 4.69) is 12.1 Å². The Hall–Kier alpha value is -1.88. The van der Waals surface area contributed by atoms with Gasteiger partial charge in [0.25, 0.3) is 0 Å². The third kappa shape index (κ3) is 5.34. The van der Waals surface area contributed by atoms with Crippen LogP contribution in [-0.2, 0) is 27.4 Å².